The Morgan fingerprint density at radius 2 is 0.590 bits per heavy atom. The Labute approximate surface area is 354 Å². The van der Waals surface area contributed by atoms with Crippen LogP contribution in [0.4, 0.5) is 0 Å². The molecular weight excluding hydrogens is 753 g/mol. The standard InChI is InChI=1S/C55H40N2O4/c1-33-13-21-37(22-14-33)51(58)47-29-41(30-48(56-47)52(59)38-23-15-34(2)16-24-38)55(45-11-7-5-9-43(45)44-10-6-8-12-46(44)55)42-31-49(53(60)39-25-17-35(3)18-26-39)57-50(32-42)54(61)40-27-19-36(4)20-28-40/h5-32H,1-4H3. The summed E-state index contributed by atoms with van der Waals surface area (Å²) in [4.78, 5) is 68.0. The van der Waals surface area contributed by atoms with Gasteiger partial charge in [0, 0.05) is 22.3 Å². The highest BCUT2D eigenvalue weighted by Gasteiger charge is 2.47. The summed E-state index contributed by atoms with van der Waals surface area (Å²) in [6.45, 7) is 7.81. The van der Waals surface area contributed by atoms with Crippen molar-refractivity contribution in [2.75, 3.05) is 0 Å². The van der Waals surface area contributed by atoms with Gasteiger partial charge < -0.3 is 0 Å². The highest BCUT2D eigenvalue weighted by Crippen LogP contribution is 2.56. The summed E-state index contributed by atoms with van der Waals surface area (Å²) in [6.07, 6.45) is 0. The number of benzene rings is 6. The molecule has 1 aliphatic carbocycles. The molecule has 0 atom stereocenters. The van der Waals surface area contributed by atoms with Crippen LogP contribution in [0.5, 0.6) is 0 Å². The van der Waals surface area contributed by atoms with Crippen LogP contribution in [0.3, 0.4) is 0 Å². The van der Waals surface area contributed by atoms with Gasteiger partial charge in [0.1, 0.15) is 22.8 Å². The quantitative estimate of drug-likeness (QED) is 0.128. The predicted molar refractivity (Wildman–Crippen MR) is 238 cm³/mol. The summed E-state index contributed by atoms with van der Waals surface area (Å²) in [5.41, 5.74) is 9.43. The van der Waals surface area contributed by atoms with E-state index < -0.39 is 5.41 Å². The van der Waals surface area contributed by atoms with E-state index in [9.17, 15) is 19.2 Å². The van der Waals surface area contributed by atoms with Gasteiger partial charge in [-0.15, -0.1) is 0 Å². The number of carbonyl (C=O) groups is 4. The fourth-order valence-corrected chi connectivity index (χ4v) is 8.39. The second kappa shape index (κ2) is 15.5. The van der Waals surface area contributed by atoms with E-state index >= 15 is 0 Å². The summed E-state index contributed by atoms with van der Waals surface area (Å²) in [7, 11) is 0. The number of rotatable bonds is 10. The molecule has 294 valence electrons. The first-order chi connectivity index (χ1) is 29.5. The fourth-order valence-electron chi connectivity index (χ4n) is 8.39. The first-order valence-electron chi connectivity index (χ1n) is 20.2. The van der Waals surface area contributed by atoms with Gasteiger partial charge in [0.25, 0.3) is 0 Å². The summed E-state index contributed by atoms with van der Waals surface area (Å²) in [5.74, 6) is -1.41. The molecule has 0 radical (unpaired) electrons. The van der Waals surface area contributed by atoms with E-state index in [2.05, 4.69) is 0 Å². The van der Waals surface area contributed by atoms with Crippen LogP contribution in [0.1, 0.15) is 109 Å². The number of pyridine rings is 2. The lowest BCUT2D eigenvalue weighted by atomic mass is 9.67. The van der Waals surface area contributed by atoms with E-state index in [0.29, 0.717) is 33.4 Å². The number of fused-ring (bicyclic) bond motifs is 3. The van der Waals surface area contributed by atoms with Crippen LogP contribution in [-0.2, 0) is 5.41 Å². The van der Waals surface area contributed by atoms with Crippen molar-refractivity contribution in [3.63, 3.8) is 0 Å². The molecule has 1 aliphatic rings. The molecule has 0 amide bonds. The molecule has 0 unspecified atom stereocenters. The van der Waals surface area contributed by atoms with Crippen molar-refractivity contribution in [3.8, 4) is 11.1 Å². The molecule has 0 saturated carbocycles. The molecule has 0 bridgehead atoms. The third-order valence-corrected chi connectivity index (χ3v) is 11.7. The monoisotopic (exact) mass is 792 g/mol. The second-order valence-corrected chi connectivity index (χ2v) is 15.9. The SMILES string of the molecule is Cc1ccc(C(=O)c2cc(C3(c4cc(C(=O)c5ccc(C)cc5)nc(C(=O)c5ccc(C)cc5)c4)c4ccccc4-c4ccccc43)cc(C(=O)c3ccc(C)cc3)n2)cc1. The van der Waals surface area contributed by atoms with Crippen LogP contribution in [-0.4, -0.2) is 33.1 Å². The van der Waals surface area contributed by atoms with Gasteiger partial charge in [-0.1, -0.05) is 168 Å². The maximum absolute atomic E-state index is 14.6. The van der Waals surface area contributed by atoms with Gasteiger partial charge in [0.2, 0.25) is 23.1 Å². The zero-order chi connectivity index (χ0) is 42.4. The topological polar surface area (TPSA) is 94.1 Å². The molecule has 2 heterocycles. The van der Waals surface area contributed by atoms with E-state index in [1.54, 1.807) is 72.8 Å². The van der Waals surface area contributed by atoms with Crippen LogP contribution in [0.15, 0.2) is 170 Å². The van der Waals surface area contributed by atoms with Crippen LogP contribution < -0.4 is 0 Å². The van der Waals surface area contributed by atoms with Gasteiger partial charge in [-0.25, -0.2) is 9.97 Å². The molecule has 8 aromatic rings. The highest BCUT2D eigenvalue weighted by atomic mass is 16.1. The Morgan fingerprint density at radius 3 is 0.852 bits per heavy atom. The van der Waals surface area contributed by atoms with Crippen molar-refractivity contribution in [1.29, 1.82) is 0 Å². The van der Waals surface area contributed by atoms with Gasteiger partial charge in [0.15, 0.2) is 0 Å². The zero-order valence-electron chi connectivity index (χ0n) is 34.2. The van der Waals surface area contributed by atoms with Gasteiger partial charge in [-0.2, -0.15) is 0 Å². The van der Waals surface area contributed by atoms with Crippen molar-refractivity contribution < 1.29 is 19.2 Å². The first kappa shape index (κ1) is 38.8. The summed E-state index contributed by atoms with van der Waals surface area (Å²) in [6, 6.07) is 52.1. The van der Waals surface area contributed by atoms with Crippen LogP contribution in [0, 0.1) is 27.7 Å². The molecule has 0 saturated heterocycles. The van der Waals surface area contributed by atoms with Crippen LogP contribution in [0.2, 0.25) is 0 Å². The highest BCUT2D eigenvalue weighted by molar-refractivity contribution is 6.13. The van der Waals surface area contributed by atoms with Gasteiger partial charge in [0.05, 0.1) is 5.41 Å². The van der Waals surface area contributed by atoms with E-state index in [4.69, 9.17) is 9.97 Å². The van der Waals surface area contributed by atoms with Crippen molar-refractivity contribution in [2.24, 2.45) is 0 Å². The number of aromatic nitrogens is 2. The van der Waals surface area contributed by atoms with Crippen molar-refractivity contribution >= 4 is 23.1 Å². The second-order valence-electron chi connectivity index (χ2n) is 15.9. The fraction of sp³-hybridized carbons (Fsp3) is 0.0909. The van der Waals surface area contributed by atoms with Crippen molar-refractivity contribution in [1.82, 2.24) is 9.97 Å². The Balaban J connectivity index is 1.38. The van der Waals surface area contributed by atoms with E-state index in [1.165, 1.54) is 0 Å². The minimum Gasteiger partial charge on any atom is -0.287 e. The molecule has 6 aromatic carbocycles. The lowest BCUT2D eigenvalue weighted by Crippen LogP contribution is -2.31. The normalized spacial score (nSPS) is 12.3. The number of nitrogens with zero attached hydrogens (tertiary/aromatic N) is 2. The van der Waals surface area contributed by atoms with Gasteiger partial charge in [-0.05, 0) is 85.3 Å². The molecule has 0 N–H and O–H groups in total. The van der Waals surface area contributed by atoms with Gasteiger partial charge in [-0.3, -0.25) is 19.2 Å². The Kier molecular flexibility index (Phi) is 9.84. The molecule has 6 heteroatoms. The number of ketones is 4. The maximum Gasteiger partial charge on any atom is 0.211 e. The number of hydrogen-bond donors (Lipinski definition) is 0. The van der Waals surface area contributed by atoms with E-state index in [-0.39, 0.29) is 45.9 Å². The minimum absolute atomic E-state index is 0.0824. The van der Waals surface area contributed by atoms with Crippen LogP contribution in [0.25, 0.3) is 11.1 Å². The molecule has 61 heavy (non-hydrogen) atoms. The lowest BCUT2D eigenvalue weighted by molar-refractivity contribution is 0.101. The maximum atomic E-state index is 14.6. The predicted octanol–water partition coefficient (Wildman–Crippen LogP) is 11.0. The molecule has 2 aromatic heterocycles. The minimum atomic E-state index is -1.27. The molecule has 9 rings (SSSR count). The van der Waals surface area contributed by atoms with E-state index in [1.807, 2.05) is 125 Å². The van der Waals surface area contributed by atoms with Crippen molar-refractivity contribution in [2.45, 2.75) is 33.1 Å². The van der Waals surface area contributed by atoms with Crippen LogP contribution >= 0.6 is 0 Å². The lowest BCUT2D eigenvalue weighted by Gasteiger charge is -2.34. The number of hydrogen-bond acceptors (Lipinski definition) is 6. The number of carbonyl (C=O) groups excluding carboxylic acids is 4. The molecule has 0 spiro atoms. The van der Waals surface area contributed by atoms with Crippen molar-refractivity contribution in [3.05, 3.63) is 259 Å². The molecule has 0 fully saturated rings. The largest absolute Gasteiger partial charge is 0.287 e. The van der Waals surface area contributed by atoms with E-state index in [0.717, 1.165) is 44.5 Å². The Hall–Kier alpha value is -7.70. The summed E-state index contributed by atoms with van der Waals surface area (Å²) < 4.78 is 0. The smallest absolute Gasteiger partial charge is 0.211 e. The Morgan fingerprint density at radius 1 is 0.344 bits per heavy atom. The molecule has 0 aliphatic heterocycles. The average Bonchev–Trinajstić information content (AvgIpc) is 3.60. The average molecular weight is 793 g/mol. The first-order valence-corrected chi connectivity index (χ1v) is 20.2. The molecular formula is C55H40N2O4. The zero-order valence-corrected chi connectivity index (χ0v) is 34.2. The third kappa shape index (κ3) is 6.92. The summed E-state index contributed by atoms with van der Waals surface area (Å²) >= 11 is 0. The number of aryl methyl sites for hydroxylation is 4. The molecule has 6 nitrogen and oxygen atoms in total. The summed E-state index contributed by atoms with van der Waals surface area (Å²) in [5, 5.41) is 0. The van der Waals surface area contributed by atoms with Gasteiger partial charge >= 0.3 is 0 Å². The third-order valence-electron chi connectivity index (χ3n) is 11.7. The Bertz CT molecular complexity index is 2690.